The van der Waals surface area contributed by atoms with Crippen molar-refractivity contribution in [3.63, 3.8) is 0 Å². The third-order valence-corrected chi connectivity index (χ3v) is 5.93. The lowest BCUT2D eigenvalue weighted by atomic mass is 9.96. The molecule has 0 atom stereocenters. The number of nitrogens with zero attached hydrogens (tertiary/aromatic N) is 2. The molecule has 4 nitrogen and oxygen atoms in total. The summed E-state index contributed by atoms with van der Waals surface area (Å²) in [5.74, 6) is 0.820. The highest BCUT2D eigenvalue weighted by molar-refractivity contribution is 14.0. The Kier molecular flexibility index (Phi) is 7.10. The molecule has 0 saturated heterocycles. The van der Waals surface area contributed by atoms with Gasteiger partial charge in [0.15, 0.2) is 5.96 Å². The SMILES string of the molecule is CN=C(NCc1nc(C)c(C)s1)NCC1(c2ccc(Cl)cc2)CC1.I. The molecule has 1 aromatic carbocycles. The normalized spacial score (nSPS) is 15.4. The summed E-state index contributed by atoms with van der Waals surface area (Å²) in [6.07, 6.45) is 2.40. The van der Waals surface area contributed by atoms with Crippen LogP contribution in [0.2, 0.25) is 5.02 Å². The lowest BCUT2D eigenvalue weighted by Crippen LogP contribution is -2.40. The van der Waals surface area contributed by atoms with Crippen molar-refractivity contribution in [3.8, 4) is 0 Å². The number of guanidine groups is 1. The molecule has 2 aromatic rings. The van der Waals surface area contributed by atoms with E-state index in [-0.39, 0.29) is 29.4 Å². The fourth-order valence-electron chi connectivity index (χ4n) is 2.77. The Morgan fingerprint density at radius 2 is 1.92 bits per heavy atom. The number of aryl methyl sites for hydroxylation is 2. The molecule has 1 aliphatic carbocycles. The molecular formula is C18H24ClIN4S. The van der Waals surface area contributed by atoms with Crippen LogP contribution in [0.25, 0.3) is 0 Å². The molecule has 1 aromatic heterocycles. The average Bonchev–Trinajstić information content (AvgIpc) is 3.29. The minimum Gasteiger partial charge on any atom is -0.356 e. The van der Waals surface area contributed by atoms with Crippen LogP contribution >= 0.6 is 46.9 Å². The van der Waals surface area contributed by atoms with Gasteiger partial charge in [0, 0.05) is 28.9 Å². The lowest BCUT2D eigenvalue weighted by Gasteiger charge is -2.19. The summed E-state index contributed by atoms with van der Waals surface area (Å²) in [5, 5.41) is 8.69. The van der Waals surface area contributed by atoms with Crippen molar-refractivity contribution in [2.45, 2.75) is 38.6 Å². The van der Waals surface area contributed by atoms with E-state index >= 15 is 0 Å². The molecule has 0 aliphatic heterocycles. The minimum absolute atomic E-state index is 0. The van der Waals surface area contributed by atoms with Crippen LogP contribution < -0.4 is 10.6 Å². The molecule has 136 valence electrons. The number of nitrogens with one attached hydrogen (secondary N) is 2. The van der Waals surface area contributed by atoms with Gasteiger partial charge in [-0.1, -0.05) is 23.7 Å². The molecule has 0 bridgehead atoms. The van der Waals surface area contributed by atoms with E-state index < -0.39 is 0 Å². The highest BCUT2D eigenvalue weighted by Crippen LogP contribution is 2.47. The van der Waals surface area contributed by atoms with E-state index in [4.69, 9.17) is 11.6 Å². The largest absolute Gasteiger partial charge is 0.356 e. The fourth-order valence-corrected chi connectivity index (χ4v) is 3.77. The van der Waals surface area contributed by atoms with Crippen LogP contribution in [0.1, 0.15) is 34.0 Å². The maximum absolute atomic E-state index is 5.99. The first-order chi connectivity index (χ1) is 11.5. The quantitative estimate of drug-likeness (QED) is 0.370. The highest BCUT2D eigenvalue weighted by Gasteiger charge is 2.44. The summed E-state index contributed by atoms with van der Waals surface area (Å²) in [5.41, 5.74) is 2.68. The van der Waals surface area contributed by atoms with Gasteiger partial charge in [-0.2, -0.15) is 0 Å². The van der Waals surface area contributed by atoms with Gasteiger partial charge in [0.25, 0.3) is 0 Å². The van der Waals surface area contributed by atoms with Crippen molar-refractivity contribution in [2.75, 3.05) is 13.6 Å². The first-order valence-corrected chi connectivity index (χ1v) is 9.35. The predicted octanol–water partition coefficient (Wildman–Crippen LogP) is 4.43. The van der Waals surface area contributed by atoms with Crippen LogP contribution in [0.3, 0.4) is 0 Å². The third-order valence-electron chi connectivity index (χ3n) is 4.61. The van der Waals surface area contributed by atoms with Crippen molar-refractivity contribution in [3.05, 3.63) is 50.4 Å². The zero-order valence-corrected chi connectivity index (χ0v) is 18.6. The molecule has 2 N–H and O–H groups in total. The molecule has 1 aliphatic rings. The van der Waals surface area contributed by atoms with Crippen LogP contribution in [0, 0.1) is 13.8 Å². The molecule has 0 spiro atoms. The third kappa shape index (κ3) is 5.08. The summed E-state index contributed by atoms with van der Waals surface area (Å²) in [6, 6.07) is 8.21. The summed E-state index contributed by atoms with van der Waals surface area (Å²) in [4.78, 5) is 10.1. The molecule has 25 heavy (non-hydrogen) atoms. The van der Waals surface area contributed by atoms with Crippen LogP contribution in [-0.4, -0.2) is 24.5 Å². The lowest BCUT2D eigenvalue weighted by molar-refractivity contribution is 0.645. The Balaban J connectivity index is 0.00000225. The second-order valence-corrected chi connectivity index (χ2v) is 8.04. The standard InChI is InChI=1S/C18H23ClN4S.HI/c1-12-13(2)24-16(23-12)10-21-17(20-3)22-11-18(8-9-18)14-4-6-15(19)7-5-14;/h4-7H,8-11H2,1-3H3,(H2,20,21,22);1H. The van der Waals surface area contributed by atoms with Gasteiger partial charge in [-0.3, -0.25) is 4.99 Å². The van der Waals surface area contributed by atoms with Crippen LogP contribution in [0.15, 0.2) is 29.3 Å². The van der Waals surface area contributed by atoms with Gasteiger partial charge in [-0.25, -0.2) is 4.98 Å². The Labute approximate surface area is 175 Å². The Bertz CT molecular complexity index is 719. The second-order valence-electron chi connectivity index (χ2n) is 6.32. The van der Waals surface area contributed by atoms with E-state index in [1.54, 1.807) is 18.4 Å². The van der Waals surface area contributed by atoms with E-state index in [1.165, 1.54) is 23.3 Å². The van der Waals surface area contributed by atoms with Gasteiger partial charge in [0.1, 0.15) is 5.01 Å². The molecule has 7 heteroatoms. The number of rotatable bonds is 5. The van der Waals surface area contributed by atoms with Crippen molar-refractivity contribution in [1.82, 2.24) is 15.6 Å². The average molecular weight is 491 g/mol. The monoisotopic (exact) mass is 490 g/mol. The van der Waals surface area contributed by atoms with Gasteiger partial charge in [0.05, 0.1) is 12.2 Å². The van der Waals surface area contributed by atoms with E-state index in [2.05, 4.69) is 39.7 Å². The maximum atomic E-state index is 5.99. The molecule has 3 rings (SSSR count). The van der Waals surface area contributed by atoms with Gasteiger partial charge < -0.3 is 10.6 Å². The molecule has 1 heterocycles. The topological polar surface area (TPSA) is 49.3 Å². The van der Waals surface area contributed by atoms with Gasteiger partial charge in [0.2, 0.25) is 0 Å². The molecule has 0 unspecified atom stereocenters. The zero-order valence-electron chi connectivity index (χ0n) is 14.7. The molecule has 1 fully saturated rings. The van der Waals surface area contributed by atoms with Crippen molar-refractivity contribution < 1.29 is 0 Å². The van der Waals surface area contributed by atoms with Crippen LogP contribution in [0.4, 0.5) is 0 Å². The predicted molar refractivity (Wildman–Crippen MR) is 118 cm³/mol. The van der Waals surface area contributed by atoms with E-state index in [0.29, 0.717) is 6.54 Å². The first-order valence-electron chi connectivity index (χ1n) is 8.16. The Hall–Kier alpha value is -0.860. The summed E-state index contributed by atoms with van der Waals surface area (Å²) >= 11 is 7.73. The maximum Gasteiger partial charge on any atom is 0.191 e. The van der Waals surface area contributed by atoms with Crippen molar-refractivity contribution in [2.24, 2.45) is 4.99 Å². The zero-order chi connectivity index (χ0) is 17.2. The Morgan fingerprint density at radius 1 is 1.24 bits per heavy atom. The molecule has 1 saturated carbocycles. The van der Waals surface area contributed by atoms with Crippen LogP contribution in [0.5, 0.6) is 0 Å². The molecule has 0 amide bonds. The number of hydrogen-bond acceptors (Lipinski definition) is 3. The van der Waals surface area contributed by atoms with Crippen molar-refractivity contribution >= 4 is 52.9 Å². The van der Waals surface area contributed by atoms with Gasteiger partial charge >= 0.3 is 0 Å². The number of benzene rings is 1. The minimum atomic E-state index is 0. The number of halogens is 2. The summed E-state index contributed by atoms with van der Waals surface area (Å²) in [6.45, 7) is 5.73. The smallest absolute Gasteiger partial charge is 0.191 e. The van der Waals surface area contributed by atoms with E-state index in [9.17, 15) is 0 Å². The molecular weight excluding hydrogens is 467 g/mol. The molecule has 0 radical (unpaired) electrons. The number of hydrogen-bond donors (Lipinski definition) is 2. The highest BCUT2D eigenvalue weighted by atomic mass is 127. The van der Waals surface area contributed by atoms with Gasteiger partial charge in [-0.15, -0.1) is 35.3 Å². The number of aliphatic imine (C=N–C) groups is 1. The van der Waals surface area contributed by atoms with Crippen LogP contribution in [-0.2, 0) is 12.0 Å². The summed E-state index contributed by atoms with van der Waals surface area (Å²) < 4.78 is 0. The number of thiazole rings is 1. The van der Waals surface area contributed by atoms with Crippen molar-refractivity contribution in [1.29, 1.82) is 0 Å². The Morgan fingerprint density at radius 3 is 2.44 bits per heavy atom. The van der Waals surface area contributed by atoms with E-state index in [0.717, 1.165) is 28.2 Å². The fraction of sp³-hybridized carbons (Fsp3) is 0.444. The van der Waals surface area contributed by atoms with Gasteiger partial charge in [-0.05, 0) is 44.4 Å². The second kappa shape index (κ2) is 8.68. The summed E-state index contributed by atoms with van der Waals surface area (Å²) in [7, 11) is 1.80. The number of aromatic nitrogens is 1. The van der Waals surface area contributed by atoms with E-state index in [1.807, 2.05) is 19.1 Å². The first kappa shape index (κ1) is 20.5.